The Kier molecular flexibility index (Phi) is 6.65. The number of hydrogen-bond acceptors (Lipinski definition) is 5. The van der Waals surface area contributed by atoms with Crippen LogP contribution >= 0.6 is 0 Å². The first-order valence-electron chi connectivity index (χ1n) is 7.86. The molecule has 0 saturated carbocycles. The minimum atomic E-state index is -1.24. The molecule has 25 heavy (non-hydrogen) atoms. The summed E-state index contributed by atoms with van der Waals surface area (Å²) in [4.78, 5) is 27.2. The van der Waals surface area contributed by atoms with E-state index < -0.39 is 11.9 Å². The lowest BCUT2D eigenvalue weighted by Gasteiger charge is -2.07. The summed E-state index contributed by atoms with van der Waals surface area (Å²) < 4.78 is 5.53. The number of nitrogens with zero attached hydrogens (tertiary/aromatic N) is 2. The van der Waals surface area contributed by atoms with Gasteiger partial charge in [-0.05, 0) is 42.8 Å². The van der Waals surface area contributed by atoms with Crippen LogP contribution in [0.15, 0.2) is 53.9 Å². The summed E-state index contributed by atoms with van der Waals surface area (Å²) >= 11 is 0. The number of unbranched alkanes of at least 4 members (excludes halogenated alkanes) is 1. The van der Waals surface area contributed by atoms with Crippen LogP contribution in [0.1, 0.15) is 35.7 Å². The Bertz CT molecular complexity index is 743. The molecule has 0 bridgehead atoms. The van der Waals surface area contributed by atoms with Crippen LogP contribution in [-0.2, 0) is 4.79 Å². The fourth-order valence-electron chi connectivity index (χ4n) is 1.95. The quantitative estimate of drug-likeness (QED) is 0.436. The van der Waals surface area contributed by atoms with E-state index in [1.807, 2.05) is 0 Å². The molecule has 1 aromatic heterocycles. The number of aromatic nitrogens is 1. The lowest BCUT2D eigenvalue weighted by atomic mass is 10.1. The van der Waals surface area contributed by atoms with Crippen molar-refractivity contribution < 1.29 is 19.4 Å². The zero-order valence-electron chi connectivity index (χ0n) is 13.8. The summed E-state index contributed by atoms with van der Waals surface area (Å²) in [5, 5.41) is 13.1. The molecule has 130 valence electrons. The van der Waals surface area contributed by atoms with Crippen LogP contribution in [0.5, 0.6) is 5.75 Å². The predicted octanol–water partition coefficient (Wildman–Crippen LogP) is 2.48. The number of carbonyl (C=O) groups excluding carboxylic acids is 1. The van der Waals surface area contributed by atoms with Gasteiger partial charge in [-0.2, -0.15) is 5.10 Å². The molecule has 7 nitrogen and oxygen atoms in total. The third-order valence-electron chi connectivity index (χ3n) is 3.31. The van der Waals surface area contributed by atoms with E-state index in [0.29, 0.717) is 23.5 Å². The highest BCUT2D eigenvalue weighted by atomic mass is 16.5. The first-order valence-corrected chi connectivity index (χ1v) is 7.86. The molecular formula is C18H19N3O4. The number of amides is 1. The van der Waals surface area contributed by atoms with Gasteiger partial charge in [0.1, 0.15) is 5.75 Å². The number of hydrazone groups is 1. The molecule has 0 aliphatic heterocycles. The number of benzene rings is 1. The molecule has 0 aliphatic rings. The number of rotatable bonds is 8. The molecule has 1 heterocycles. The van der Waals surface area contributed by atoms with E-state index in [1.165, 1.54) is 24.5 Å². The first kappa shape index (κ1) is 18.1. The van der Waals surface area contributed by atoms with Gasteiger partial charge in [0, 0.05) is 23.5 Å². The molecule has 0 saturated heterocycles. The zero-order chi connectivity index (χ0) is 18.1. The number of hydrogen-bond donors (Lipinski definition) is 2. The summed E-state index contributed by atoms with van der Waals surface area (Å²) in [6, 6.07) is 9.55. The smallest absolute Gasteiger partial charge is 0.356 e. The Morgan fingerprint density at radius 2 is 1.80 bits per heavy atom. The van der Waals surface area contributed by atoms with Crippen LogP contribution in [-0.4, -0.2) is 34.3 Å². The molecule has 1 amide bonds. The van der Waals surface area contributed by atoms with Crippen LogP contribution in [0, 0.1) is 0 Å². The number of carbonyl (C=O) groups is 2. The molecule has 1 aromatic carbocycles. The van der Waals surface area contributed by atoms with E-state index in [9.17, 15) is 14.7 Å². The van der Waals surface area contributed by atoms with Gasteiger partial charge in [0.05, 0.1) is 6.61 Å². The maximum atomic E-state index is 11.9. The predicted molar refractivity (Wildman–Crippen MR) is 92.7 cm³/mol. The lowest BCUT2D eigenvalue weighted by Crippen LogP contribution is -2.24. The normalized spacial score (nSPS) is 11.0. The molecular weight excluding hydrogens is 322 g/mol. The van der Waals surface area contributed by atoms with Crippen molar-refractivity contribution >= 4 is 17.6 Å². The molecule has 2 rings (SSSR count). The Hall–Kier alpha value is -3.22. The summed E-state index contributed by atoms with van der Waals surface area (Å²) in [5.74, 6) is -1.10. The van der Waals surface area contributed by atoms with Crippen LogP contribution in [0.2, 0.25) is 0 Å². The van der Waals surface area contributed by atoms with Crippen molar-refractivity contribution in [3.05, 3.63) is 59.9 Å². The highest BCUT2D eigenvalue weighted by Crippen LogP contribution is 2.13. The topological polar surface area (TPSA) is 101 Å². The molecule has 0 atom stereocenters. The van der Waals surface area contributed by atoms with Crippen molar-refractivity contribution in [2.24, 2.45) is 5.10 Å². The first-order chi connectivity index (χ1) is 12.1. The Morgan fingerprint density at radius 1 is 1.12 bits per heavy atom. The second kappa shape index (κ2) is 9.17. The molecule has 0 fully saturated rings. The van der Waals surface area contributed by atoms with Gasteiger partial charge in [0.15, 0.2) is 5.71 Å². The molecule has 0 spiro atoms. The van der Waals surface area contributed by atoms with Crippen molar-refractivity contribution in [3.63, 3.8) is 0 Å². The fourth-order valence-corrected chi connectivity index (χ4v) is 1.95. The number of aliphatic carboxylic acids is 1. The van der Waals surface area contributed by atoms with Crippen LogP contribution < -0.4 is 10.2 Å². The van der Waals surface area contributed by atoms with Gasteiger partial charge in [-0.1, -0.05) is 13.3 Å². The highest BCUT2D eigenvalue weighted by molar-refractivity contribution is 6.42. The van der Waals surface area contributed by atoms with Gasteiger partial charge in [0.2, 0.25) is 0 Å². The molecule has 2 aromatic rings. The monoisotopic (exact) mass is 341 g/mol. The average molecular weight is 341 g/mol. The van der Waals surface area contributed by atoms with Crippen molar-refractivity contribution in [2.75, 3.05) is 6.61 Å². The van der Waals surface area contributed by atoms with Gasteiger partial charge in [-0.15, -0.1) is 0 Å². The number of carboxylic acids is 1. The van der Waals surface area contributed by atoms with Gasteiger partial charge in [-0.25, -0.2) is 10.2 Å². The largest absolute Gasteiger partial charge is 0.494 e. The van der Waals surface area contributed by atoms with Gasteiger partial charge in [-0.3, -0.25) is 9.78 Å². The van der Waals surface area contributed by atoms with Crippen LogP contribution in [0.4, 0.5) is 0 Å². The maximum Gasteiger partial charge on any atom is 0.356 e. The molecule has 0 radical (unpaired) electrons. The summed E-state index contributed by atoms with van der Waals surface area (Å²) in [7, 11) is 0. The second-order valence-electron chi connectivity index (χ2n) is 5.17. The highest BCUT2D eigenvalue weighted by Gasteiger charge is 2.14. The van der Waals surface area contributed by atoms with Crippen LogP contribution in [0.25, 0.3) is 0 Å². The Labute approximate surface area is 145 Å². The van der Waals surface area contributed by atoms with E-state index in [4.69, 9.17) is 4.74 Å². The molecule has 0 unspecified atom stereocenters. The van der Waals surface area contributed by atoms with Crippen molar-refractivity contribution in [2.45, 2.75) is 19.8 Å². The minimum absolute atomic E-state index is 0.262. The van der Waals surface area contributed by atoms with E-state index in [1.54, 1.807) is 24.3 Å². The van der Waals surface area contributed by atoms with Gasteiger partial charge >= 0.3 is 5.97 Å². The lowest BCUT2D eigenvalue weighted by molar-refractivity contribution is -0.129. The van der Waals surface area contributed by atoms with Gasteiger partial charge in [0.25, 0.3) is 5.91 Å². The van der Waals surface area contributed by atoms with Crippen molar-refractivity contribution in [1.29, 1.82) is 0 Å². The minimum Gasteiger partial charge on any atom is -0.494 e. The number of pyridine rings is 1. The zero-order valence-corrected chi connectivity index (χ0v) is 13.8. The summed E-state index contributed by atoms with van der Waals surface area (Å²) in [6.07, 6.45) is 4.91. The maximum absolute atomic E-state index is 11.9. The fraction of sp³-hybridized carbons (Fsp3) is 0.222. The van der Waals surface area contributed by atoms with Crippen molar-refractivity contribution in [3.8, 4) is 5.75 Å². The number of carboxylic acid groups (broad SMARTS) is 1. The molecule has 7 heteroatoms. The SMILES string of the molecule is CCCCOc1ccc(C(=NNC(=O)c2ccncc2)C(=O)O)cc1. The number of nitrogens with one attached hydrogen (secondary N) is 1. The van der Waals surface area contributed by atoms with E-state index in [2.05, 4.69) is 22.4 Å². The average Bonchev–Trinajstić information content (AvgIpc) is 2.63. The molecule has 2 N–H and O–H groups in total. The Balaban J connectivity index is 2.09. The third kappa shape index (κ3) is 5.42. The van der Waals surface area contributed by atoms with E-state index >= 15 is 0 Å². The summed E-state index contributed by atoms with van der Waals surface area (Å²) in [5.41, 5.74) is 2.69. The third-order valence-corrected chi connectivity index (χ3v) is 3.31. The number of ether oxygens (including phenoxy) is 1. The van der Waals surface area contributed by atoms with Crippen LogP contribution in [0.3, 0.4) is 0 Å². The van der Waals surface area contributed by atoms with E-state index in [-0.39, 0.29) is 5.71 Å². The van der Waals surface area contributed by atoms with E-state index in [0.717, 1.165) is 12.8 Å². The second-order valence-corrected chi connectivity index (χ2v) is 5.17. The Morgan fingerprint density at radius 3 is 2.40 bits per heavy atom. The summed E-state index contributed by atoms with van der Waals surface area (Å²) in [6.45, 7) is 2.68. The van der Waals surface area contributed by atoms with Crippen molar-refractivity contribution in [1.82, 2.24) is 10.4 Å². The standard InChI is InChI=1S/C18H19N3O4/c1-2-3-12-25-15-6-4-13(5-7-15)16(18(23)24)20-21-17(22)14-8-10-19-11-9-14/h4-11H,2-3,12H2,1H3,(H,21,22)(H,23,24). The molecule has 0 aliphatic carbocycles. The van der Waals surface area contributed by atoms with Gasteiger partial charge < -0.3 is 9.84 Å².